The predicted molar refractivity (Wildman–Crippen MR) is 44.5 cm³/mol. The number of hydrogen-bond acceptors (Lipinski definition) is 1. The standard InChI is InChI=1S/C7H6BrF2NO/c1-3-2-4(6(9)10)5(8)7(12)11-3/h2,6H,1H3,(H,11,12). The number of pyridine rings is 1. The molecule has 0 amide bonds. The smallest absolute Gasteiger partial charge is 0.265 e. The van der Waals surface area contributed by atoms with Crippen LogP contribution >= 0.6 is 15.9 Å². The maximum absolute atomic E-state index is 12.2. The quantitative estimate of drug-likeness (QED) is 0.800. The van der Waals surface area contributed by atoms with Crippen LogP contribution in [0, 0.1) is 6.92 Å². The lowest BCUT2D eigenvalue weighted by atomic mass is 10.2. The van der Waals surface area contributed by atoms with E-state index >= 15 is 0 Å². The summed E-state index contributed by atoms with van der Waals surface area (Å²) in [6, 6.07) is 1.25. The molecule has 1 N–H and O–H groups in total. The molecule has 0 bridgehead atoms. The second kappa shape index (κ2) is 3.35. The van der Waals surface area contributed by atoms with Gasteiger partial charge in [-0.05, 0) is 28.9 Å². The van der Waals surface area contributed by atoms with Gasteiger partial charge >= 0.3 is 0 Å². The van der Waals surface area contributed by atoms with Crippen LogP contribution in [-0.2, 0) is 0 Å². The number of halogens is 3. The van der Waals surface area contributed by atoms with Crippen molar-refractivity contribution in [1.82, 2.24) is 4.98 Å². The fraction of sp³-hybridized carbons (Fsp3) is 0.286. The Morgan fingerprint density at radius 2 is 2.17 bits per heavy atom. The Bertz CT molecular complexity index is 348. The molecule has 1 rings (SSSR count). The van der Waals surface area contributed by atoms with Gasteiger partial charge in [0.2, 0.25) is 0 Å². The average Bonchev–Trinajstić information content (AvgIpc) is 1.96. The van der Waals surface area contributed by atoms with Crippen LogP contribution in [-0.4, -0.2) is 4.98 Å². The van der Waals surface area contributed by atoms with Gasteiger partial charge in [-0.2, -0.15) is 0 Å². The van der Waals surface area contributed by atoms with Crippen LogP contribution < -0.4 is 5.56 Å². The van der Waals surface area contributed by atoms with E-state index in [-0.39, 0.29) is 10.0 Å². The first kappa shape index (κ1) is 9.38. The van der Waals surface area contributed by atoms with Crippen LogP contribution in [0.2, 0.25) is 0 Å². The summed E-state index contributed by atoms with van der Waals surface area (Å²) in [6.45, 7) is 1.56. The van der Waals surface area contributed by atoms with Crippen molar-refractivity contribution in [3.05, 3.63) is 32.2 Å². The van der Waals surface area contributed by atoms with E-state index in [9.17, 15) is 13.6 Å². The maximum atomic E-state index is 12.2. The lowest BCUT2D eigenvalue weighted by molar-refractivity contribution is 0.150. The number of aromatic nitrogens is 1. The molecule has 1 heterocycles. The molecule has 5 heteroatoms. The molecular formula is C7H6BrF2NO. The molecule has 2 nitrogen and oxygen atoms in total. The zero-order valence-corrected chi connectivity index (χ0v) is 7.78. The number of aromatic amines is 1. The van der Waals surface area contributed by atoms with Gasteiger partial charge in [-0.15, -0.1) is 0 Å². The molecule has 0 aliphatic carbocycles. The van der Waals surface area contributed by atoms with Crippen molar-refractivity contribution < 1.29 is 8.78 Å². The molecule has 0 unspecified atom stereocenters. The van der Waals surface area contributed by atoms with Crippen molar-refractivity contribution in [2.45, 2.75) is 13.3 Å². The summed E-state index contributed by atoms with van der Waals surface area (Å²) in [5.74, 6) is 0. The minimum atomic E-state index is -2.62. The third-order valence-electron chi connectivity index (χ3n) is 1.37. The van der Waals surface area contributed by atoms with Gasteiger partial charge in [0.1, 0.15) is 0 Å². The fourth-order valence-corrected chi connectivity index (χ4v) is 1.24. The molecule has 0 aromatic carbocycles. The predicted octanol–water partition coefficient (Wildman–Crippen LogP) is 2.38. The highest BCUT2D eigenvalue weighted by atomic mass is 79.9. The average molecular weight is 238 g/mol. The Labute approximate surface area is 75.7 Å². The summed E-state index contributed by atoms with van der Waals surface area (Å²) in [4.78, 5) is 13.3. The molecule has 0 saturated heterocycles. The van der Waals surface area contributed by atoms with Crippen molar-refractivity contribution in [3.8, 4) is 0 Å². The summed E-state index contributed by atoms with van der Waals surface area (Å²) in [5.41, 5.74) is -0.361. The van der Waals surface area contributed by atoms with Crippen LogP contribution in [0.1, 0.15) is 17.7 Å². The number of H-pyrrole nitrogens is 1. The van der Waals surface area contributed by atoms with Crippen LogP contribution in [0.25, 0.3) is 0 Å². The Balaban J connectivity index is 3.38. The number of aryl methyl sites for hydroxylation is 1. The molecule has 1 aromatic rings. The molecule has 0 radical (unpaired) electrons. The van der Waals surface area contributed by atoms with E-state index < -0.39 is 12.0 Å². The molecule has 1 aromatic heterocycles. The highest BCUT2D eigenvalue weighted by Gasteiger charge is 2.14. The molecule has 0 atom stereocenters. The molecule has 0 saturated carbocycles. The normalized spacial score (nSPS) is 10.8. The topological polar surface area (TPSA) is 32.9 Å². The second-order valence-corrected chi connectivity index (χ2v) is 3.14. The number of alkyl halides is 2. The van der Waals surface area contributed by atoms with Crippen LogP contribution in [0.3, 0.4) is 0 Å². The lowest BCUT2D eigenvalue weighted by Crippen LogP contribution is -2.10. The van der Waals surface area contributed by atoms with Crippen LogP contribution in [0.5, 0.6) is 0 Å². The molecule has 0 spiro atoms. The highest BCUT2D eigenvalue weighted by Crippen LogP contribution is 2.24. The van der Waals surface area contributed by atoms with E-state index in [2.05, 4.69) is 20.9 Å². The van der Waals surface area contributed by atoms with E-state index in [1.54, 1.807) is 6.92 Å². The van der Waals surface area contributed by atoms with E-state index in [0.29, 0.717) is 5.69 Å². The van der Waals surface area contributed by atoms with E-state index in [1.165, 1.54) is 6.07 Å². The fourth-order valence-electron chi connectivity index (χ4n) is 0.857. The molecule has 0 aliphatic heterocycles. The summed E-state index contributed by atoms with van der Waals surface area (Å²) < 4.78 is 24.3. The van der Waals surface area contributed by atoms with Gasteiger partial charge in [0.05, 0.1) is 4.47 Å². The zero-order valence-electron chi connectivity index (χ0n) is 6.20. The first-order chi connectivity index (χ1) is 5.52. The Hall–Kier alpha value is -0.710. The Morgan fingerprint density at radius 1 is 1.58 bits per heavy atom. The number of nitrogens with one attached hydrogen (secondary N) is 1. The third-order valence-corrected chi connectivity index (χ3v) is 2.19. The van der Waals surface area contributed by atoms with Crippen LogP contribution in [0.4, 0.5) is 8.78 Å². The minimum absolute atomic E-state index is 0.0944. The van der Waals surface area contributed by atoms with Crippen molar-refractivity contribution in [2.75, 3.05) is 0 Å². The third kappa shape index (κ3) is 1.72. The Kier molecular flexibility index (Phi) is 2.62. The molecular weight excluding hydrogens is 232 g/mol. The van der Waals surface area contributed by atoms with E-state index in [4.69, 9.17) is 0 Å². The van der Waals surface area contributed by atoms with Gasteiger partial charge in [0.25, 0.3) is 12.0 Å². The minimum Gasteiger partial charge on any atom is -0.326 e. The van der Waals surface area contributed by atoms with Crippen molar-refractivity contribution in [2.24, 2.45) is 0 Å². The number of hydrogen-bond donors (Lipinski definition) is 1. The summed E-state index contributed by atoms with van der Waals surface area (Å²) >= 11 is 2.79. The molecule has 66 valence electrons. The summed E-state index contributed by atoms with van der Waals surface area (Å²) in [7, 11) is 0. The zero-order chi connectivity index (χ0) is 9.30. The van der Waals surface area contributed by atoms with Crippen molar-refractivity contribution in [1.29, 1.82) is 0 Å². The molecule has 0 aliphatic rings. The molecule has 12 heavy (non-hydrogen) atoms. The second-order valence-electron chi connectivity index (χ2n) is 2.35. The monoisotopic (exact) mass is 237 g/mol. The van der Waals surface area contributed by atoms with Crippen molar-refractivity contribution >= 4 is 15.9 Å². The SMILES string of the molecule is Cc1cc(C(F)F)c(Br)c(=O)[nH]1. The van der Waals surface area contributed by atoms with Gasteiger partial charge in [-0.3, -0.25) is 4.79 Å². The maximum Gasteiger partial charge on any atom is 0.265 e. The van der Waals surface area contributed by atoms with Gasteiger partial charge < -0.3 is 4.98 Å². The van der Waals surface area contributed by atoms with Crippen molar-refractivity contribution in [3.63, 3.8) is 0 Å². The first-order valence-electron chi connectivity index (χ1n) is 3.20. The lowest BCUT2D eigenvalue weighted by Gasteiger charge is -2.02. The van der Waals surface area contributed by atoms with Gasteiger partial charge in [0, 0.05) is 11.3 Å². The number of rotatable bonds is 1. The van der Waals surface area contributed by atoms with E-state index in [1.807, 2.05) is 0 Å². The Morgan fingerprint density at radius 3 is 2.67 bits per heavy atom. The summed E-state index contributed by atoms with van der Waals surface area (Å²) in [6.07, 6.45) is -2.62. The van der Waals surface area contributed by atoms with Crippen LogP contribution in [0.15, 0.2) is 15.3 Å². The van der Waals surface area contributed by atoms with Gasteiger partial charge in [0.15, 0.2) is 0 Å². The highest BCUT2D eigenvalue weighted by molar-refractivity contribution is 9.10. The first-order valence-corrected chi connectivity index (χ1v) is 3.99. The van der Waals surface area contributed by atoms with E-state index in [0.717, 1.165) is 0 Å². The largest absolute Gasteiger partial charge is 0.326 e. The van der Waals surface area contributed by atoms with Gasteiger partial charge in [-0.25, -0.2) is 8.78 Å². The summed E-state index contributed by atoms with van der Waals surface area (Å²) in [5, 5.41) is 0. The molecule has 0 fully saturated rings. The van der Waals surface area contributed by atoms with Gasteiger partial charge in [-0.1, -0.05) is 0 Å².